The van der Waals surface area contributed by atoms with Crippen molar-refractivity contribution in [1.82, 2.24) is 0 Å². The van der Waals surface area contributed by atoms with E-state index in [1.807, 2.05) is 0 Å². The third-order valence-corrected chi connectivity index (χ3v) is 3.75. The van der Waals surface area contributed by atoms with E-state index in [4.69, 9.17) is 4.74 Å². The molecule has 74 valence electrons. The van der Waals surface area contributed by atoms with E-state index in [-0.39, 0.29) is 11.4 Å². The van der Waals surface area contributed by atoms with Gasteiger partial charge in [-0.2, -0.15) is 12.6 Å². The van der Waals surface area contributed by atoms with Crippen LogP contribution < -0.4 is 0 Å². The van der Waals surface area contributed by atoms with Crippen molar-refractivity contribution in [2.75, 3.05) is 12.4 Å². The summed E-state index contributed by atoms with van der Waals surface area (Å²) in [4.78, 5) is 11.5. The van der Waals surface area contributed by atoms with Crippen molar-refractivity contribution in [3.05, 3.63) is 0 Å². The van der Waals surface area contributed by atoms with Crippen molar-refractivity contribution in [3.63, 3.8) is 0 Å². The van der Waals surface area contributed by atoms with Gasteiger partial charge in [-0.25, -0.2) is 0 Å². The summed E-state index contributed by atoms with van der Waals surface area (Å²) in [5.41, 5.74) is -0.0758. The second kappa shape index (κ2) is 3.52. The minimum absolute atomic E-state index is 0.0640. The standard InChI is InChI=1S/C10H16O2S/c11-9-10(4-5-12-9)3-1-8(7-10)2-6-13/h8,13H,1-7H2. The van der Waals surface area contributed by atoms with Gasteiger partial charge in [0.2, 0.25) is 0 Å². The van der Waals surface area contributed by atoms with Crippen LogP contribution in [0, 0.1) is 11.3 Å². The van der Waals surface area contributed by atoms with E-state index in [0.717, 1.165) is 31.4 Å². The fraction of sp³-hybridized carbons (Fsp3) is 0.900. The van der Waals surface area contributed by atoms with Crippen LogP contribution in [0.2, 0.25) is 0 Å². The maximum Gasteiger partial charge on any atom is 0.312 e. The quantitative estimate of drug-likeness (QED) is 0.545. The molecule has 0 aromatic heterocycles. The molecule has 1 saturated carbocycles. The summed E-state index contributed by atoms with van der Waals surface area (Å²) in [6.07, 6.45) is 5.39. The van der Waals surface area contributed by atoms with Gasteiger partial charge >= 0.3 is 5.97 Å². The van der Waals surface area contributed by atoms with E-state index in [2.05, 4.69) is 12.6 Å². The molecule has 0 radical (unpaired) electrons. The van der Waals surface area contributed by atoms with Crippen LogP contribution in [0.15, 0.2) is 0 Å². The van der Waals surface area contributed by atoms with Gasteiger partial charge in [0.25, 0.3) is 0 Å². The lowest BCUT2D eigenvalue weighted by Gasteiger charge is -2.17. The maximum atomic E-state index is 11.5. The predicted molar refractivity (Wildman–Crippen MR) is 53.8 cm³/mol. The number of thiol groups is 1. The number of hydrogen-bond donors (Lipinski definition) is 1. The van der Waals surface area contributed by atoms with E-state index >= 15 is 0 Å². The Morgan fingerprint density at radius 3 is 3.00 bits per heavy atom. The van der Waals surface area contributed by atoms with E-state index in [1.165, 1.54) is 6.42 Å². The molecular weight excluding hydrogens is 184 g/mol. The highest BCUT2D eigenvalue weighted by Gasteiger charge is 2.49. The molecule has 1 aliphatic heterocycles. The molecule has 2 aliphatic rings. The van der Waals surface area contributed by atoms with Crippen LogP contribution in [0.1, 0.15) is 32.1 Å². The van der Waals surface area contributed by atoms with Gasteiger partial charge in [-0.15, -0.1) is 0 Å². The maximum absolute atomic E-state index is 11.5. The lowest BCUT2D eigenvalue weighted by molar-refractivity contribution is -0.146. The fourth-order valence-corrected chi connectivity index (χ4v) is 3.04. The largest absolute Gasteiger partial charge is 0.465 e. The van der Waals surface area contributed by atoms with Crippen molar-refractivity contribution in [3.8, 4) is 0 Å². The third kappa shape index (κ3) is 1.58. The molecule has 1 heterocycles. The molecule has 3 heteroatoms. The second-order valence-electron chi connectivity index (χ2n) is 4.29. The summed E-state index contributed by atoms with van der Waals surface area (Å²) >= 11 is 4.23. The molecule has 0 aromatic carbocycles. The van der Waals surface area contributed by atoms with Crippen LogP contribution in [0.5, 0.6) is 0 Å². The Labute approximate surface area is 84.4 Å². The predicted octanol–water partition coefficient (Wildman–Crippen LogP) is 2.04. The summed E-state index contributed by atoms with van der Waals surface area (Å²) in [6.45, 7) is 0.645. The first-order chi connectivity index (χ1) is 6.27. The second-order valence-corrected chi connectivity index (χ2v) is 4.73. The minimum Gasteiger partial charge on any atom is -0.465 e. The lowest BCUT2D eigenvalue weighted by atomic mass is 9.84. The van der Waals surface area contributed by atoms with Gasteiger partial charge in [0.1, 0.15) is 0 Å². The van der Waals surface area contributed by atoms with Crippen LogP contribution >= 0.6 is 12.6 Å². The van der Waals surface area contributed by atoms with Gasteiger partial charge in [-0.3, -0.25) is 4.79 Å². The van der Waals surface area contributed by atoms with E-state index < -0.39 is 0 Å². The van der Waals surface area contributed by atoms with E-state index in [1.54, 1.807) is 0 Å². The SMILES string of the molecule is O=C1OCCC12CCC(CCS)C2. The molecule has 0 bridgehead atoms. The van der Waals surface area contributed by atoms with Crippen molar-refractivity contribution < 1.29 is 9.53 Å². The van der Waals surface area contributed by atoms with Crippen LogP contribution in [0.3, 0.4) is 0 Å². The number of esters is 1. The van der Waals surface area contributed by atoms with Gasteiger partial charge in [0.15, 0.2) is 0 Å². The smallest absolute Gasteiger partial charge is 0.312 e. The van der Waals surface area contributed by atoms with E-state index in [9.17, 15) is 4.79 Å². The molecule has 1 aliphatic carbocycles. The summed E-state index contributed by atoms with van der Waals surface area (Å²) < 4.78 is 5.06. The molecule has 0 aromatic rings. The summed E-state index contributed by atoms with van der Waals surface area (Å²) in [7, 11) is 0. The van der Waals surface area contributed by atoms with Gasteiger partial charge < -0.3 is 4.74 Å². The zero-order valence-electron chi connectivity index (χ0n) is 7.79. The molecule has 2 atom stereocenters. The highest BCUT2D eigenvalue weighted by atomic mass is 32.1. The first-order valence-electron chi connectivity index (χ1n) is 5.05. The zero-order valence-corrected chi connectivity index (χ0v) is 8.69. The van der Waals surface area contributed by atoms with Gasteiger partial charge in [-0.1, -0.05) is 0 Å². The van der Waals surface area contributed by atoms with Crippen LogP contribution in [0.25, 0.3) is 0 Å². The summed E-state index contributed by atoms with van der Waals surface area (Å²) in [5, 5.41) is 0. The molecule has 13 heavy (non-hydrogen) atoms. The van der Waals surface area contributed by atoms with Crippen molar-refractivity contribution in [2.24, 2.45) is 11.3 Å². The number of carbonyl (C=O) groups excluding carboxylic acids is 1. The highest BCUT2D eigenvalue weighted by Crippen LogP contribution is 2.49. The Balaban J connectivity index is 1.99. The molecule has 0 N–H and O–H groups in total. The summed E-state index contributed by atoms with van der Waals surface area (Å²) in [6, 6.07) is 0. The van der Waals surface area contributed by atoms with Crippen LogP contribution in [0.4, 0.5) is 0 Å². The average Bonchev–Trinajstić information content (AvgIpc) is 2.64. The number of hydrogen-bond acceptors (Lipinski definition) is 3. The molecule has 1 saturated heterocycles. The minimum atomic E-state index is -0.0758. The van der Waals surface area contributed by atoms with Gasteiger partial charge in [0.05, 0.1) is 12.0 Å². The number of ether oxygens (including phenoxy) is 1. The molecule has 2 unspecified atom stereocenters. The Kier molecular flexibility index (Phi) is 2.54. The molecule has 1 spiro atoms. The number of cyclic esters (lactones) is 1. The van der Waals surface area contributed by atoms with Crippen molar-refractivity contribution in [1.29, 1.82) is 0 Å². The van der Waals surface area contributed by atoms with Gasteiger partial charge in [-0.05, 0) is 43.8 Å². The normalized spacial score (nSPS) is 38.5. The first-order valence-corrected chi connectivity index (χ1v) is 5.68. The number of carbonyl (C=O) groups is 1. The van der Waals surface area contributed by atoms with Crippen molar-refractivity contribution >= 4 is 18.6 Å². The Bertz CT molecular complexity index is 217. The zero-order chi connectivity index (χ0) is 9.31. The first kappa shape index (κ1) is 9.38. The Morgan fingerprint density at radius 1 is 1.54 bits per heavy atom. The molecular formula is C10H16O2S. The monoisotopic (exact) mass is 200 g/mol. The van der Waals surface area contributed by atoms with Gasteiger partial charge in [0, 0.05) is 0 Å². The molecule has 2 rings (SSSR count). The third-order valence-electron chi connectivity index (χ3n) is 3.49. The van der Waals surface area contributed by atoms with Crippen LogP contribution in [-0.4, -0.2) is 18.3 Å². The fourth-order valence-electron chi connectivity index (χ4n) is 2.67. The average molecular weight is 200 g/mol. The topological polar surface area (TPSA) is 26.3 Å². The number of rotatable bonds is 2. The molecule has 2 nitrogen and oxygen atoms in total. The van der Waals surface area contributed by atoms with Crippen LogP contribution in [-0.2, 0) is 9.53 Å². The lowest BCUT2D eigenvalue weighted by Crippen LogP contribution is -2.22. The van der Waals surface area contributed by atoms with E-state index in [0.29, 0.717) is 12.5 Å². The Morgan fingerprint density at radius 2 is 2.38 bits per heavy atom. The molecule has 2 fully saturated rings. The highest BCUT2D eigenvalue weighted by molar-refractivity contribution is 7.80. The molecule has 0 amide bonds. The Hall–Kier alpha value is -0.180. The summed E-state index contributed by atoms with van der Waals surface area (Å²) in [5.74, 6) is 1.72. The van der Waals surface area contributed by atoms with Crippen molar-refractivity contribution in [2.45, 2.75) is 32.1 Å².